The molecule has 110 valence electrons. The van der Waals surface area contributed by atoms with E-state index in [0.29, 0.717) is 10.6 Å². The van der Waals surface area contributed by atoms with Crippen molar-refractivity contribution in [3.8, 4) is 0 Å². The van der Waals surface area contributed by atoms with Crippen LogP contribution in [-0.4, -0.2) is 33.7 Å². The fourth-order valence-electron chi connectivity index (χ4n) is 2.33. The van der Waals surface area contributed by atoms with E-state index in [1.165, 1.54) is 0 Å². The summed E-state index contributed by atoms with van der Waals surface area (Å²) in [5, 5.41) is 15.1. The highest BCUT2D eigenvalue weighted by molar-refractivity contribution is 7.84. The Morgan fingerprint density at radius 2 is 2.00 bits per heavy atom. The maximum Gasteiger partial charge on any atom is 0.319 e. The number of urea groups is 1. The van der Waals surface area contributed by atoms with Gasteiger partial charge in [-0.05, 0) is 43.9 Å². The highest BCUT2D eigenvalue weighted by atomic mass is 32.2. The number of amides is 2. The van der Waals surface area contributed by atoms with Crippen LogP contribution in [0.4, 0.5) is 10.5 Å². The minimum atomic E-state index is -1.06. The molecule has 2 amide bonds. The van der Waals surface area contributed by atoms with Gasteiger partial charge in [0.1, 0.15) is 0 Å². The van der Waals surface area contributed by atoms with Crippen molar-refractivity contribution >= 4 is 22.5 Å². The molecule has 1 aromatic carbocycles. The Labute approximate surface area is 121 Å². The van der Waals surface area contributed by atoms with Crippen molar-refractivity contribution in [2.24, 2.45) is 0 Å². The molecule has 1 unspecified atom stereocenters. The van der Waals surface area contributed by atoms with Gasteiger partial charge in [0.2, 0.25) is 0 Å². The van der Waals surface area contributed by atoms with E-state index in [4.69, 9.17) is 0 Å². The number of anilines is 1. The second-order valence-corrected chi connectivity index (χ2v) is 6.47. The molecular weight excluding hydrogens is 276 g/mol. The summed E-state index contributed by atoms with van der Waals surface area (Å²) in [5.41, 5.74) is 0.631. The Balaban J connectivity index is 1.88. The monoisotopic (exact) mass is 296 g/mol. The summed E-state index contributed by atoms with van der Waals surface area (Å²) in [6.07, 6.45) is 4.44. The predicted octanol–water partition coefficient (Wildman–Crippen LogP) is 1.85. The molecule has 0 spiro atoms. The van der Waals surface area contributed by atoms with E-state index in [1.807, 2.05) is 0 Å². The molecule has 5 nitrogen and oxygen atoms in total. The zero-order valence-corrected chi connectivity index (χ0v) is 12.3. The van der Waals surface area contributed by atoms with Crippen LogP contribution in [0.1, 0.15) is 25.7 Å². The first-order chi connectivity index (χ1) is 9.54. The van der Waals surface area contributed by atoms with Gasteiger partial charge in [0.15, 0.2) is 0 Å². The molecule has 3 N–H and O–H groups in total. The fourth-order valence-corrected chi connectivity index (χ4v) is 2.89. The zero-order chi connectivity index (χ0) is 14.5. The van der Waals surface area contributed by atoms with Crippen LogP contribution in [0, 0.1) is 0 Å². The molecule has 1 saturated carbocycles. The number of benzene rings is 1. The first kappa shape index (κ1) is 15.0. The summed E-state index contributed by atoms with van der Waals surface area (Å²) < 4.78 is 11.4. The summed E-state index contributed by atoms with van der Waals surface area (Å²) in [5.74, 6) is 0. The van der Waals surface area contributed by atoms with Gasteiger partial charge < -0.3 is 15.7 Å². The van der Waals surface area contributed by atoms with E-state index in [1.54, 1.807) is 30.5 Å². The normalized spacial score (nSPS) is 23.9. The second kappa shape index (κ2) is 6.85. The van der Waals surface area contributed by atoms with E-state index in [9.17, 15) is 14.1 Å². The Hall–Kier alpha value is -1.40. The van der Waals surface area contributed by atoms with Gasteiger partial charge in [-0.15, -0.1) is 0 Å². The standard InChI is InChI=1S/C14H20N2O3S/c1-20(19)13-4-2-3-11(9-13)16-14(18)15-10-5-7-12(17)8-6-10/h2-4,9-10,12,17H,5-8H2,1H3,(H2,15,16,18). The highest BCUT2D eigenvalue weighted by Crippen LogP contribution is 2.18. The van der Waals surface area contributed by atoms with Crippen LogP contribution >= 0.6 is 0 Å². The summed E-state index contributed by atoms with van der Waals surface area (Å²) in [4.78, 5) is 12.6. The van der Waals surface area contributed by atoms with Crippen LogP contribution in [0.5, 0.6) is 0 Å². The minimum absolute atomic E-state index is 0.113. The van der Waals surface area contributed by atoms with Gasteiger partial charge >= 0.3 is 6.03 Å². The molecule has 6 heteroatoms. The second-order valence-electron chi connectivity index (χ2n) is 5.09. The number of carbonyl (C=O) groups excluding carboxylic acids is 1. The number of hydrogen-bond donors (Lipinski definition) is 3. The molecular formula is C14H20N2O3S. The largest absolute Gasteiger partial charge is 0.393 e. The van der Waals surface area contributed by atoms with Gasteiger partial charge in [-0.2, -0.15) is 0 Å². The Kier molecular flexibility index (Phi) is 5.14. The topological polar surface area (TPSA) is 78.4 Å². The highest BCUT2D eigenvalue weighted by Gasteiger charge is 2.20. The van der Waals surface area contributed by atoms with Gasteiger partial charge in [0.25, 0.3) is 0 Å². The molecule has 1 atom stereocenters. The van der Waals surface area contributed by atoms with Gasteiger partial charge in [-0.3, -0.25) is 4.21 Å². The summed E-state index contributed by atoms with van der Waals surface area (Å²) >= 11 is 0. The molecule has 0 heterocycles. The maximum atomic E-state index is 11.9. The van der Waals surface area contributed by atoms with Crippen molar-refractivity contribution in [2.45, 2.75) is 42.7 Å². The Morgan fingerprint density at radius 1 is 1.30 bits per heavy atom. The number of carbonyl (C=O) groups is 1. The molecule has 1 aliphatic rings. The van der Waals surface area contributed by atoms with Crippen molar-refractivity contribution < 1.29 is 14.1 Å². The van der Waals surface area contributed by atoms with Crippen molar-refractivity contribution in [2.75, 3.05) is 11.6 Å². The lowest BCUT2D eigenvalue weighted by molar-refractivity contribution is 0.118. The van der Waals surface area contributed by atoms with Crippen molar-refractivity contribution in [1.82, 2.24) is 5.32 Å². The van der Waals surface area contributed by atoms with E-state index >= 15 is 0 Å². The first-order valence-electron chi connectivity index (χ1n) is 6.73. The summed E-state index contributed by atoms with van der Waals surface area (Å²) in [6.45, 7) is 0. The van der Waals surface area contributed by atoms with Crippen LogP contribution in [0.15, 0.2) is 29.2 Å². The van der Waals surface area contributed by atoms with Crippen LogP contribution in [0.3, 0.4) is 0 Å². The number of hydrogen-bond acceptors (Lipinski definition) is 3. The molecule has 0 aromatic heterocycles. The maximum absolute atomic E-state index is 11.9. The lowest BCUT2D eigenvalue weighted by Gasteiger charge is -2.26. The molecule has 1 fully saturated rings. The van der Waals surface area contributed by atoms with Crippen LogP contribution in [0.2, 0.25) is 0 Å². The lowest BCUT2D eigenvalue weighted by atomic mass is 9.93. The quantitative estimate of drug-likeness (QED) is 0.796. The third kappa shape index (κ3) is 4.31. The van der Waals surface area contributed by atoms with Crippen LogP contribution < -0.4 is 10.6 Å². The van der Waals surface area contributed by atoms with Crippen molar-refractivity contribution in [3.05, 3.63) is 24.3 Å². The number of aliphatic hydroxyl groups is 1. The minimum Gasteiger partial charge on any atom is -0.393 e. The molecule has 2 rings (SSSR count). The lowest BCUT2D eigenvalue weighted by Crippen LogP contribution is -2.40. The average Bonchev–Trinajstić information content (AvgIpc) is 2.41. The van der Waals surface area contributed by atoms with Gasteiger partial charge in [-0.1, -0.05) is 6.07 Å². The molecule has 20 heavy (non-hydrogen) atoms. The van der Waals surface area contributed by atoms with Gasteiger partial charge in [0, 0.05) is 33.7 Å². The van der Waals surface area contributed by atoms with Crippen molar-refractivity contribution in [1.29, 1.82) is 0 Å². The van der Waals surface area contributed by atoms with Gasteiger partial charge in [-0.25, -0.2) is 4.79 Å². The van der Waals surface area contributed by atoms with E-state index < -0.39 is 10.8 Å². The third-order valence-corrected chi connectivity index (χ3v) is 4.37. The summed E-state index contributed by atoms with van der Waals surface area (Å²) in [6, 6.07) is 6.86. The Morgan fingerprint density at radius 3 is 2.65 bits per heavy atom. The fraction of sp³-hybridized carbons (Fsp3) is 0.500. The van der Waals surface area contributed by atoms with E-state index in [-0.39, 0.29) is 18.2 Å². The first-order valence-corrected chi connectivity index (χ1v) is 8.29. The van der Waals surface area contributed by atoms with Crippen LogP contribution in [0.25, 0.3) is 0 Å². The van der Waals surface area contributed by atoms with Crippen molar-refractivity contribution in [3.63, 3.8) is 0 Å². The molecule has 0 saturated heterocycles. The van der Waals surface area contributed by atoms with Crippen LogP contribution in [-0.2, 0) is 10.8 Å². The van der Waals surface area contributed by atoms with E-state index in [2.05, 4.69) is 10.6 Å². The van der Waals surface area contributed by atoms with E-state index in [0.717, 1.165) is 25.7 Å². The molecule has 1 aromatic rings. The molecule has 0 aliphatic heterocycles. The zero-order valence-electron chi connectivity index (χ0n) is 11.5. The predicted molar refractivity (Wildman–Crippen MR) is 79.2 cm³/mol. The van der Waals surface area contributed by atoms with Gasteiger partial charge in [0.05, 0.1) is 6.10 Å². The third-order valence-electron chi connectivity index (χ3n) is 3.46. The molecule has 0 radical (unpaired) electrons. The number of aliphatic hydroxyl groups excluding tert-OH is 1. The Bertz CT molecular complexity index is 499. The number of nitrogens with one attached hydrogen (secondary N) is 2. The SMILES string of the molecule is CS(=O)c1cccc(NC(=O)NC2CCC(O)CC2)c1. The average molecular weight is 296 g/mol. The summed E-state index contributed by atoms with van der Waals surface area (Å²) in [7, 11) is -1.06. The number of rotatable bonds is 3. The molecule has 1 aliphatic carbocycles. The molecule has 0 bridgehead atoms. The smallest absolute Gasteiger partial charge is 0.319 e.